The summed E-state index contributed by atoms with van der Waals surface area (Å²) in [6.07, 6.45) is 7.05. The zero-order chi connectivity index (χ0) is 17.4. The van der Waals surface area contributed by atoms with Crippen molar-refractivity contribution in [2.75, 3.05) is 0 Å². The van der Waals surface area contributed by atoms with Crippen LogP contribution in [-0.4, -0.2) is 24.1 Å². The highest BCUT2D eigenvalue weighted by molar-refractivity contribution is 14.1. The minimum atomic E-state index is -0.685. The fraction of sp³-hybridized carbons (Fsp3) is 0.118. The van der Waals surface area contributed by atoms with E-state index in [9.17, 15) is 4.39 Å². The van der Waals surface area contributed by atoms with Gasteiger partial charge < -0.3 is 4.57 Å². The Bertz CT molecular complexity index is 1060. The summed E-state index contributed by atoms with van der Waals surface area (Å²) < 4.78 is 18.2. The first-order valence-electron chi connectivity index (χ1n) is 7.47. The molecule has 0 aliphatic heterocycles. The van der Waals surface area contributed by atoms with Crippen LogP contribution >= 0.6 is 34.2 Å². The Morgan fingerprint density at radius 3 is 2.76 bits per heavy atom. The van der Waals surface area contributed by atoms with E-state index in [1.807, 2.05) is 10.6 Å². The Hall–Kier alpha value is -2.00. The average molecular weight is 468 g/mol. The summed E-state index contributed by atoms with van der Waals surface area (Å²) in [5, 5.41) is 0.551. The summed E-state index contributed by atoms with van der Waals surface area (Å²) in [6, 6.07) is 7.23. The van der Waals surface area contributed by atoms with Crippen molar-refractivity contribution in [2.24, 2.45) is 0 Å². The van der Waals surface area contributed by atoms with Crippen LogP contribution in [-0.2, 0) is 13.3 Å². The van der Waals surface area contributed by atoms with Crippen LogP contribution in [0.15, 0.2) is 49.2 Å². The lowest BCUT2D eigenvalue weighted by Crippen LogP contribution is -2.02. The van der Waals surface area contributed by atoms with Gasteiger partial charge in [0.05, 0.1) is 33.8 Å². The molecule has 8 heteroatoms. The number of hydrogen-bond donors (Lipinski definition) is 0. The highest BCUT2D eigenvalue weighted by Gasteiger charge is 2.14. The zero-order valence-corrected chi connectivity index (χ0v) is 15.8. The van der Waals surface area contributed by atoms with E-state index in [0.29, 0.717) is 28.4 Å². The topological polar surface area (TPSA) is 48.5 Å². The highest BCUT2D eigenvalue weighted by Crippen LogP contribution is 2.27. The second-order valence-corrected chi connectivity index (χ2v) is 7.08. The molecular weight excluding hydrogens is 456 g/mol. The van der Waals surface area contributed by atoms with E-state index in [0.717, 1.165) is 14.8 Å². The van der Waals surface area contributed by atoms with Crippen LogP contribution in [0.2, 0.25) is 5.02 Å². The first-order chi connectivity index (χ1) is 12.2. The van der Waals surface area contributed by atoms with Gasteiger partial charge in [-0.1, -0.05) is 11.6 Å². The molecule has 3 aromatic heterocycles. The van der Waals surface area contributed by atoms with Crippen LogP contribution in [0.4, 0.5) is 4.39 Å². The maximum atomic E-state index is 13.7. The molecule has 0 aliphatic carbocycles. The zero-order valence-electron chi connectivity index (χ0n) is 12.9. The number of nitrogens with zero attached hydrogens (tertiary/aromatic N) is 5. The second-order valence-electron chi connectivity index (χ2n) is 5.54. The Kier molecular flexibility index (Phi) is 4.43. The molecule has 5 nitrogen and oxygen atoms in total. The SMILES string of the molecule is FCn1c(-c2cncc(Cn3cncc3I)c2)nc2ccc(Cl)cc21. The first kappa shape index (κ1) is 16.5. The quantitative estimate of drug-likeness (QED) is 0.415. The van der Waals surface area contributed by atoms with Gasteiger partial charge >= 0.3 is 0 Å². The Morgan fingerprint density at radius 1 is 1.12 bits per heavy atom. The number of halogens is 3. The van der Waals surface area contributed by atoms with Crippen LogP contribution in [0, 0.1) is 3.70 Å². The summed E-state index contributed by atoms with van der Waals surface area (Å²) >= 11 is 8.26. The molecule has 126 valence electrons. The monoisotopic (exact) mass is 467 g/mol. The second kappa shape index (κ2) is 6.72. The predicted molar refractivity (Wildman–Crippen MR) is 103 cm³/mol. The summed E-state index contributed by atoms with van der Waals surface area (Å²) in [4.78, 5) is 13.0. The maximum Gasteiger partial charge on any atom is 0.167 e. The molecule has 4 aromatic rings. The van der Waals surface area contributed by atoms with Gasteiger partial charge in [-0.2, -0.15) is 0 Å². The summed E-state index contributed by atoms with van der Waals surface area (Å²) in [6.45, 7) is -0.0450. The number of alkyl halides is 1. The smallest absolute Gasteiger partial charge is 0.167 e. The Morgan fingerprint density at radius 2 is 2.00 bits per heavy atom. The average Bonchev–Trinajstić information content (AvgIpc) is 3.18. The van der Waals surface area contributed by atoms with E-state index in [-0.39, 0.29) is 0 Å². The number of rotatable bonds is 4. The van der Waals surface area contributed by atoms with Gasteiger partial charge in [-0.25, -0.2) is 14.4 Å². The lowest BCUT2D eigenvalue weighted by atomic mass is 10.2. The van der Waals surface area contributed by atoms with Crippen LogP contribution < -0.4 is 0 Å². The van der Waals surface area contributed by atoms with E-state index >= 15 is 0 Å². The van der Waals surface area contributed by atoms with Crippen molar-refractivity contribution in [1.29, 1.82) is 0 Å². The summed E-state index contributed by atoms with van der Waals surface area (Å²) in [7, 11) is 0. The lowest BCUT2D eigenvalue weighted by Gasteiger charge is -2.08. The van der Waals surface area contributed by atoms with Crippen LogP contribution in [0.5, 0.6) is 0 Å². The van der Waals surface area contributed by atoms with Gasteiger partial charge in [-0.05, 0) is 52.4 Å². The van der Waals surface area contributed by atoms with E-state index in [2.05, 4.69) is 37.5 Å². The molecule has 0 radical (unpaired) electrons. The van der Waals surface area contributed by atoms with Gasteiger partial charge in [0, 0.05) is 23.0 Å². The third kappa shape index (κ3) is 3.13. The van der Waals surface area contributed by atoms with Crippen molar-refractivity contribution in [1.82, 2.24) is 24.1 Å². The molecule has 0 saturated carbocycles. The molecule has 1 aromatic carbocycles. The normalized spacial score (nSPS) is 11.3. The standard InChI is InChI=1S/C17H12ClFIN5/c18-13-1-2-14-15(4-13)25(9-19)17(23-14)12-3-11(5-21-6-12)8-24-10-22-7-16(24)20/h1-7,10H,8-9H2. The molecule has 0 spiro atoms. The molecule has 25 heavy (non-hydrogen) atoms. The fourth-order valence-corrected chi connectivity index (χ4v) is 3.37. The highest BCUT2D eigenvalue weighted by atomic mass is 127. The Labute approximate surface area is 161 Å². The molecule has 0 amide bonds. The third-order valence-corrected chi connectivity index (χ3v) is 5.03. The van der Waals surface area contributed by atoms with E-state index in [1.165, 1.54) is 4.57 Å². The molecule has 0 fully saturated rings. The van der Waals surface area contributed by atoms with E-state index in [1.54, 1.807) is 43.1 Å². The van der Waals surface area contributed by atoms with E-state index in [4.69, 9.17) is 11.6 Å². The van der Waals surface area contributed by atoms with Gasteiger partial charge in [0.25, 0.3) is 0 Å². The molecule has 3 heterocycles. The molecule has 0 bridgehead atoms. The van der Waals surface area contributed by atoms with E-state index < -0.39 is 6.80 Å². The predicted octanol–water partition coefficient (Wildman–Crippen LogP) is 4.53. The van der Waals surface area contributed by atoms with Gasteiger partial charge in [0.2, 0.25) is 0 Å². The number of hydrogen-bond acceptors (Lipinski definition) is 3. The Balaban J connectivity index is 1.78. The fourth-order valence-electron chi connectivity index (χ4n) is 2.75. The molecule has 4 rings (SSSR count). The van der Waals surface area contributed by atoms with Crippen LogP contribution in [0.1, 0.15) is 5.56 Å². The van der Waals surface area contributed by atoms with Crippen LogP contribution in [0.3, 0.4) is 0 Å². The summed E-state index contributed by atoms with van der Waals surface area (Å²) in [5.74, 6) is 0.537. The van der Waals surface area contributed by atoms with Crippen molar-refractivity contribution >= 4 is 45.2 Å². The molecular formula is C17H12ClFIN5. The van der Waals surface area contributed by atoms with Crippen molar-refractivity contribution < 1.29 is 4.39 Å². The molecule has 0 unspecified atom stereocenters. The van der Waals surface area contributed by atoms with Crippen molar-refractivity contribution in [3.05, 3.63) is 63.5 Å². The lowest BCUT2D eigenvalue weighted by molar-refractivity contribution is 0.387. The molecule has 0 N–H and O–H groups in total. The van der Waals surface area contributed by atoms with Crippen molar-refractivity contribution in [3.8, 4) is 11.4 Å². The van der Waals surface area contributed by atoms with Gasteiger partial charge in [0.15, 0.2) is 6.80 Å². The number of fused-ring (bicyclic) bond motifs is 1. The van der Waals surface area contributed by atoms with Crippen LogP contribution in [0.25, 0.3) is 22.4 Å². The molecule has 0 aliphatic rings. The van der Waals surface area contributed by atoms with Crippen molar-refractivity contribution in [3.63, 3.8) is 0 Å². The van der Waals surface area contributed by atoms with Gasteiger partial charge in [-0.15, -0.1) is 0 Å². The number of imidazole rings is 2. The number of pyridine rings is 1. The third-order valence-electron chi connectivity index (χ3n) is 3.90. The molecule has 0 atom stereocenters. The molecule has 0 saturated heterocycles. The van der Waals surface area contributed by atoms with Gasteiger partial charge in [0.1, 0.15) is 5.82 Å². The first-order valence-corrected chi connectivity index (χ1v) is 8.93. The van der Waals surface area contributed by atoms with Crippen molar-refractivity contribution in [2.45, 2.75) is 13.3 Å². The largest absolute Gasteiger partial charge is 0.322 e. The maximum absolute atomic E-state index is 13.7. The minimum absolute atomic E-state index is 0.537. The van der Waals surface area contributed by atoms with Gasteiger partial charge in [-0.3, -0.25) is 9.55 Å². The number of benzene rings is 1. The number of aromatic nitrogens is 5. The minimum Gasteiger partial charge on any atom is -0.322 e. The summed E-state index contributed by atoms with van der Waals surface area (Å²) in [5.41, 5.74) is 3.12.